The lowest BCUT2D eigenvalue weighted by atomic mass is 10.2. The van der Waals surface area contributed by atoms with E-state index >= 15 is 0 Å². The molecule has 0 saturated heterocycles. The zero-order chi connectivity index (χ0) is 10.6. The van der Waals surface area contributed by atoms with Gasteiger partial charge in [-0.15, -0.1) is 0 Å². The molecular weight excluding hydrogens is 250 g/mol. The highest BCUT2D eigenvalue weighted by atomic mass is 79.9. The molecule has 0 radical (unpaired) electrons. The predicted molar refractivity (Wildman–Crippen MR) is 52.2 cm³/mol. The van der Waals surface area contributed by atoms with Crippen LogP contribution in [0.15, 0.2) is 16.9 Å². The van der Waals surface area contributed by atoms with E-state index in [0.29, 0.717) is 5.82 Å². The van der Waals surface area contributed by atoms with Gasteiger partial charge in [0.1, 0.15) is 11.9 Å². The van der Waals surface area contributed by atoms with Gasteiger partial charge in [-0.25, -0.2) is 9.97 Å². The highest BCUT2D eigenvalue weighted by molar-refractivity contribution is 9.10. The number of nitrogens with zero attached hydrogens (tertiary/aromatic N) is 4. The molecule has 0 aromatic carbocycles. The van der Waals surface area contributed by atoms with E-state index in [9.17, 15) is 5.21 Å². The SMILES string of the molecule is N#CC(Cc1ncc(Br)cn1)N(N)[O-]. The summed E-state index contributed by atoms with van der Waals surface area (Å²) in [6, 6.07) is 0.813. The maximum atomic E-state index is 10.7. The van der Waals surface area contributed by atoms with Crippen molar-refractivity contribution in [2.75, 3.05) is 0 Å². The van der Waals surface area contributed by atoms with Gasteiger partial charge in [-0.05, 0) is 15.9 Å². The van der Waals surface area contributed by atoms with E-state index in [-0.39, 0.29) is 11.6 Å². The molecule has 0 amide bonds. The first-order valence-corrected chi connectivity index (χ1v) is 4.50. The Morgan fingerprint density at radius 1 is 1.64 bits per heavy atom. The molecule has 14 heavy (non-hydrogen) atoms. The van der Waals surface area contributed by atoms with Crippen molar-refractivity contribution in [3.63, 3.8) is 0 Å². The summed E-state index contributed by atoms with van der Waals surface area (Å²) in [6.45, 7) is 0. The number of hydrazine groups is 1. The third-order valence-electron chi connectivity index (χ3n) is 1.51. The first-order chi connectivity index (χ1) is 6.63. The number of nitriles is 1. The quantitative estimate of drug-likeness (QED) is 0.619. The molecule has 74 valence electrons. The summed E-state index contributed by atoms with van der Waals surface area (Å²) in [6.07, 6.45) is 3.20. The second-order valence-electron chi connectivity index (χ2n) is 2.53. The number of hydrogen-bond donors (Lipinski definition) is 1. The standard InChI is InChI=1S/C7H7BrN5O/c8-5-3-11-7(12-4-5)1-6(2-9)13(10)14/h3-4,6H,1,10H2/q-1. The lowest BCUT2D eigenvalue weighted by Gasteiger charge is -2.26. The Morgan fingerprint density at radius 2 is 2.21 bits per heavy atom. The van der Waals surface area contributed by atoms with Gasteiger partial charge in [-0.1, -0.05) is 0 Å². The molecule has 1 aromatic heterocycles. The number of hydrogen-bond acceptors (Lipinski definition) is 6. The summed E-state index contributed by atoms with van der Waals surface area (Å²) in [7, 11) is 0. The minimum absolute atomic E-state index is 0.103. The molecule has 0 saturated carbocycles. The zero-order valence-corrected chi connectivity index (χ0v) is 8.68. The molecule has 0 spiro atoms. The second-order valence-corrected chi connectivity index (χ2v) is 3.44. The summed E-state index contributed by atoms with van der Waals surface area (Å²) in [5.74, 6) is 5.32. The van der Waals surface area contributed by atoms with Crippen molar-refractivity contribution >= 4 is 15.9 Å². The summed E-state index contributed by atoms with van der Waals surface area (Å²) >= 11 is 3.17. The third-order valence-corrected chi connectivity index (χ3v) is 1.92. The van der Waals surface area contributed by atoms with Crippen LogP contribution in [0.5, 0.6) is 0 Å². The van der Waals surface area contributed by atoms with E-state index in [4.69, 9.17) is 11.1 Å². The minimum Gasteiger partial charge on any atom is -0.771 e. The monoisotopic (exact) mass is 256 g/mol. The van der Waals surface area contributed by atoms with Crippen LogP contribution in [0.1, 0.15) is 5.82 Å². The Kier molecular flexibility index (Phi) is 3.91. The van der Waals surface area contributed by atoms with Gasteiger partial charge in [-0.3, -0.25) is 5.84 Å². The van der Waals surface area contributed by atoms with Crippen molar-refractivity contribution in [3.05, 3.63) is 27.9 Å². The van der Waals surface area contributed by atoms with E-state index < -0.39 is 6.04 Å². The lowest BCUT2D eigenvalue weighted by molar-refractivity contribution is 0.334. The first kappa shape index (κ1) is 11.0. The van der Waals surface area contributed by atoms with E-state index in [1.54, 1.807) is 18.5 Å². The van der Waals surface area contributed by atoms with Crippen LogP contribution in [0.2, 0.25) is 0 Å². The van der Waals surface area contributed by atoms with Gasteiger partial charge in [0.05, 0.1) is 10.5 Å². The Bertz CT molecular complexity index is 333. The van der Waals surface area contributed by atoms with E-state index in [2.05, 4.69) is 25.9 Å². The van der Waals surface area contributed by atoms with Crippen LogP contribution in [0.25, 0.3) is 0 Å². The van der Waals surface area contributed by atoms with Gasteiger partial charge < -0.3 is 10.4 Å². The number of rotatable bonds is 3. The van der Waals surface area contributed by atoms with Crippen molar-refractivity contribution in [2.45, 2.75) is 12.5 Å². The highest BCUT2D eigenvalue weighted by Gasteiger charge is 2.09. The van der Waals surface area contributed by atoms with E-state index in [1.807, 2.05) is 0 Å². The highest BCUT2D eigenvalue weighted by Crippen LogP contribution is 2.06. The number of hydroxylamine groups is 1. The molecule has 0 aliphatic rings. The Hall–Kier alpha value is -1.07. The van der Waals surface area contributed by atoms with Gasteiger partial charge >= 0.3 is 0 Å². The fourth-order valence-corrected chi connectivity index (χ4v) is 1.01. The molecule has 1 aromatic rings. The largest absolute Gasteiger partial charge is 0.771 e. The normalized spacial score (nSPS) is 12.5. The fourth-order valence-electron chi connectivity index (χ4n) is 0.810. The van der Waals surface area contributed by atoms with Gasteiger partial charge in [0.15, 0.2) is 0 Å². The molecule has 1 unspecified atom stereocenters. The zero-order valence-electron chi connectivity index (χ0n) is 7.09. The van der Waals surface area contributed by atoms with Crippen LogP contribution in [0.4, 0.5) is 0 Å². The molecule has 0 bridgehead atoms. The van der Waals surface area contributed by atoms with Crippen LogP contribution in [-0.2, 0) is 6.42 Å². The molecule has 1 rings (SSSR count). The van der Waals surface area contributed by atoms with Crippen LogP contribution in [0.3, 0.4) is 0 Å². The molecule has 0 aliphatic heterocycles. The van der Waals surface area contributed by atoms with E-state index in [0.717, 1.165) is 4.47 Å². The second kappa shape index (κ2) is 4.97. The Morgan fingerprint density at radius 3 is 2.64 bits per heavy atom. The van der Waals surface area contributed by atoms with Gasteiger partial charge in [-0.2, -0.15) is 5.26 Å². The van der Waals surface area contributed by atoms with Crippen molar-refractivity contribution in [3.8, 4) is 6.07 Å². The topological polar surface area (TPSA) is 102 Å². The first-order valence-electron chi connectivity index (χ1n) is 3.70. The van der Waals surface area contributed by atoms with Crippen molar-refractivity contribution in [2.24, 2.45) is 5.84 Å². The van der Waals surface area contributed by atoms with Crippen LogP contribution < -0.4 is 5.84 Å². The van der Waals surface area contributed by atoms with Crippen molar-refractivity contribution < 1.29 is 0 Å². The number of halogens is 1. The molecule has 7 heteroatoms. The summed E-state index contributed by atoms with van der Waals surface area (Å²) in [5.41, 5.74) is 0. The molecule has 0 fully saturated rings. The molecule has 0 aliphatic carbocycles. The van der Waals surface area contributed by atoms with Crippen molar-refractivity contribution in [1.82, 2.24) is 15.1 Å². The smallest absolute Gasteiger partial charge is 0.130 e. The Balaban J connectivity index is 2.69. The molecule has 6 nitrogen and oxygen atoms in total. The molecular formula is C7H7BrN5O-. The summed E-state index contributed by atoms with van der Waals surface area (Å²) < 4.78 is 0.737. The summed E-state index contributed by atoms with van der Waals surface area (Å²) in [5, 5.41) is 19.3. The maximum absolute atomic E-state index is 10.7. The Labute approximate surface area is 89.0 Å². The van der Waals surface area contributed by atoms with Crippen LogP contribution >= 0.6 is 15.9 Å². The average Bonchev–Trinajstić information content (AvgIpc) is 2.16. The maximum Gasteiger partial charge on any atom is 0.130 e. The average molecular weight is 257 g/mol. The van der Waals surface area contributed by atoms with Gasteiger partial charge in [0.25, 0.3) is 0 Å². The van der Waals surface area contributed by atoms with E-state index in [1.165, 1.54) is 0 Å². The molecule has 2 N–H and O–H groups in total. The lowest BCUT2D eigenvalue weighted by Crippen LogP contribution is -2.36. The van der Waals surface area contributed by atoms with Crippen LogP contribution in [-0.4, -0.2) is 21.2 Å². The van der Waals surface area contributed by atoms with Gasteiger partial charge in [0.2, 0.25) is 0 Å². The van der Waals surface area contributed by atoms with Gasteiger partial charge in [0, 0.05) is 18.8 Å². The fraction of sp³-hybridized carbons (Fsp3) is 0.286. The minimum atomic E-state index is -0.948. The third kappa shape index (κ3) is 3.01. The molecule has 1 heterocycles. The number of aromatic nitrogens is 2. The van der Waals surface area contributed by atoms with Crippen LogP contribution in [0, 0.1) is 16.5 Å². The number of nitrogens with two attached hydrogens (primary N) is 1. The van der Waals surface area contributed by atoms with Crippen molar-refractivity contribution in [1.29, 1.82) is 5.26 Å². The predicted octanol–water partition coefficient (Wildman–Crippen LogP) is 0.347. The summed E-state index contributed by atoms with van der Waals surface area (Å²) in [4.78, 5) is 7.84. The molecule has 1 atom stereocenters.